The van der Waals surface area contributed by atoms with E-state index in [1.54, 1.807) is 38.1 Å². The maximum Gasteiger partial charge on any atom is 0.338 e. The summed E-state index contributed by atoms with van der Waals surface area (Å²) in [5, 5.41) is 2.58. The van der Waals surface area contributed by atoms with Gasteiger partial charge in [0, 0.05) is 5.69 Å². The fourth-order valence-electron chi connectivity index (χ4n) is 3.10. The lowest BCUT2D eigenvalue weighted by atomic mass is 10.2. The number of hydrogen-bond acceptors (Lipinski definition) is 7. The summed E-state index contributed by atoms with van der Waals surface area (Å²) in [5.41, 5.74) is 1.30. The fraction of sp³-hybridized carbons (Fsp3) is 0.280. The van der Waals surface area contributed by atoms with Crippen molar-refractivity contribution < 1.29 is 28.7 Å². The molecule has 0 aliphatic carbocycles. The summed E-state index contributed by atoms with van der Waals surface area (Å²) in [6.45, 7) is 5.83. The number of unbranched alkanes of at least 4 members (excludes halogenated alkanes) is 1. The van der Waals surface area contributed by atoms with E-state index < -0.39 is 23.8 Å². The first kappa shape index (κ1) is 25.0. The number of carbonyl (C=O) groups excluding carboxylic acids is 4. The Morgan fingerprint density at radius 2 is 1.53 bits per heavy atom. The van der Waals surface area contributed by atoms with Crippen LogP contribution in [-0.2, 0) is 19.1 Å². The molecule has 0 atom stereocenters. The van der Waals surface area contributed by atoms with Crippen molar-refractivity contribution in [3.05, 3.63) is 70.4 Å². The summed E-state index contributed by atoms with van der Waals surface area (Å²) in [7, 11) is 0. The smallest absolute Gasteiger partial charge is 0.338 e. The van der Waals surface area contributed by atoms with Gasteiger partial charge in [-0.05, 0) is 68.8 Å². The van der Waals surface area contributed by atoms with Crippen LogP contribution in [0.25, 0.3) is 0 Å². The van der Waals surface area contributed by atoms with Gasteiger partial charge in [0.2, 0.25) is 0 Å². The molecule has 1 aliphatic heterocycles. The van der Waals surface area contributed by atoms with Gasteiger partial charge in [-0.2, -0.15) is 0 Å². The molecule has 1 heterocycles. The molecule has 2 aromatic rings. The third-order valence-electron chi connectivity index (χ3n) is 4.85. The Bertz CT molecular complexity index is 1120. The highest BCUT2D eigenvalue weighted by Gasteiger charge is 2.39. The number of hydrogen-bond donors (Lipinski definition) is 1. The molecule has 2 amide bonds. The molecule has 1 aliphatic rings. The Balaban J connectivity index is 1.70. The van der Waals surface area contributed by atoms with Crippen molar-refractivity contribution in [3.63, 3.8) is 0 Å². The van der Waals surface area contributed by atoms with Crippen LogP contribution in [0.1, 0.15) is 54.3 Å². The van der Waals surface area contributed by atoms with E-state index in [2.05, 4.69) is 5.32 Å². The van der Waals surface area contributed by atoms with Crippen LogP contribution < -0.4 is 10.2 Å². The topological polar surface area (TPSA) is 102 Å². The monoisotopic (exact) mass is 484 g/mol. The average molecular weight is 485 g/mol. The van der Waals surface area contributed by atoms with Gasteiger partial charge in [-0.1, -0.05) is 24.9 Å². The van der Waals surface area contributed by atoms with Gasteiger partial charge in [0.1, 0.15) is 10.7 Å². The van der Waals surface area contributed by atoms with Gasteiger partial charge < -0.3 is 14.8 Å². The van der Waals surface area contributed by atoms with E-state index in [0.717, 1.165) is 17.7 Å². The number of anilines is 2. The molecule has 9 heteroatoms. The van der Waals surface area contributed by atoms with Crippen LogP contribution in [0, 0.1) is 0 Å². The van der Waals surface area contributed by atoms with Gasteiger partial charge in [-0.3, -0.25) is 9.59 Å². The second kappa shape index (κ2) is 11.0. The molecule has 0 aromatic heterocycles. The van der Waals surface area contributed by atoms with E-state index in [-0.39, 0.29) is 22.5 Å². The molecule has 0 spiro atoms. The second-order valence-corrected chi connectivity index (χ2v) is 8.21. The van der Waals surface area contributed by atoms with Crippen LogP contribution in [0.3, 0.4) is 0 Å². The minimum Gasteiger partial charge on any atom is -0.462 e. The molecule has 3 rings (SSSR count). The Hall–Kier alpha value is -3.65. The van der Waals surface area contributed by atoms with Crippen LogP contribution in [-0.4, -0.2) is 36.5 Å². The molecule has 0 saturated heterocycles. The highest BCUT2D eigenvalue weighted by atomic mass is 35.5. The van der Waals surface area contributed by atoms with Crippen molar-refractivity contribution in [2.24, 2.45) is 0 Å². The molecule has 0 saturated carbocycles. The van der Waals surface area contributed by atoms with Crippen molar-refractivity contribution in [3.8, 4) is 0 Å². The highest BCUT2D eigenvalue weighted by Crippen LogP contribution is 2.30. The van der Waals surface area contributed by atoms with Crippen LogP contribution in [0.4, 0.5) is 11.4 Å². The highest BCUT2D eigenvalue weighted by molar-refractivity contribution is 6.53. The molecular weight excluding hydrogens is 460 g/mol. The predicted molar refractivity (Wildman–Crippen MR) is 128 cm³/mol. The second-order valence-electron chi connectivity index (χ2n) is 7.83. The van der Waals surface area contributed by atoms with Crippen molar-refractivity contribution in [2.75, 3.05) is 16.8 Å². The first-order valence-corrected chi connectivity index (χ1v) is 11.2. The molecular formula is C25H25ClN2O6. The number of halogens is 1. The number of imide groups is 1. The molecule has 1 N–H and O–H groups in total. The Morgan fingerprint density at radius 3 is 2.12 bits per heavy atom. The van der Waals surface area contributed by atoms with Gasteiger partial charge >= 0.3 is 11.9 Å². The summed E-state index contributed by atoms with van der Waals surface area (Å²) in [6, 6.07) is 12.2. The maximum atomic E-state index is 13.0. The number of carbonyl (C=O) groups is 4. The Morgan fingerprint density at radius 1 is 0.941 bits per heavy atom. The van der Waals surface area contributed by atoms with Gasteiger partial charge in [-0.15, -0.1) is 0 Å². The largest absolute Gasteiger partial charge is 0.462 e. The van der Waals surface area contributed by atoms with Crippen LogP contribution in [0.2, 0.25) is 0 Å². The third-order valence-corrected chi connectivity index (χ3v) is 5.20. The molecule has 0 fully saturated rings. The number of amides is 2. The molecule has 178 valence electrons. The zero-order chi connectivity index (χ0) is 24.8. The minimum atomic E-state index is -0.692. The summed E-state index contributed by atoms with van der Waals surface area (Å²) >= 11 is 6.17. The molecule has 0 unspecified atom stereocenters. The van der Waals surface area contributed by atoms with Crippen LogP contribution in [0.15, 0.2) is 59.3 Å². The third kappa shape index (κ3) is 5.63. The van der Waals surface area contributed by atoms with Crippen molar-refractivity contribution >= 4 is 46.7 Å². The van der Waals surface area contributed by atoms with Crippen LogP contribution >= 0.6 is 11.6 Å². The summed E-state index contributed by atoms with van der Waals surface area (Å²) in [5.74, 6) is -2.27. The molecule has 0 bridgehead atoms. The van der Waals surface area contributed by atoms with E-state index in [9.17, 15) is 19.2 Å². The number of ether oxygens (including phenoxy) is 2. The predicted octanol–water partition coefficient (Wildman–Crippen LogP) is 4.64. The van der Waals surface area contributed by atoms with Gasteiger partial charge in [-0.25, -0.2) is 14.5 Å². The lowest BCUT2D eigenvalue weighted by Gasteiger charge is -2.16. The summed E-state index contributed by atoms with van der Waals surface area (Å²) in [6.07, 6.45) is 1.44. The quantitative estimate of drug-likeness (QED) is 0.314. The maximum absolute atomic E-state index is 13.0. The number of rotatable bonds is 9. The van der Waals surface area contributed by atoms with Gasteiger partial charge in [0.05, 0.1) is 29.5 Å². The van der Waals surface area contributed by atoms with E-state index in [4.69, 9.17) is 21.1 Å². The van der Waals surface area contributed by atoms with Crippen molar-refractivity contribution in [2.45, 2.75) is 39.7 Å². The van der Waals surface area contributed by atoms with E-state index in [1.807, 2.05) is 6.92 Å². The average Bonchev–Trinajstić information content (AvgIpc) is 3.02. The summed E-state index contributed by atoms with van der Waals surface area (Å²) in [4.78, 5) is 50.6. The zero-order valence-corrected chi connectivity index (χ0v) is 19.8. The first-order valence-electron chi connectivity index (χ1n) is 10.9. The van der Waals surface area contributed by atoms with E-state index >= 15 is 0 Å². The van der Waals surface area contributed by atoms with Crippen molar-refractivity contribution in [1.82, 2.24) is 0 Å². The van der Waals surface area contributed by atoms with Crippen LogP contribution in [0.5, 0.6) is 0 Å². The molecule has 8 nitrogen and oxygen atoms in total. The molecule has 2 aromatic carbocycles. The van der Waals surface area contributed by atoms with Crippen molar-refractivity contribution in [1.29, 1.82) is 0 Å². The lowest BCUT2D eigenvalue weighted by molar-refractivity contribution is -0.120. The minimum absolute atomic E-state index is 0.0896. The SMILES string of the molecule is CCCCOC(=O)c1ccc(NC2=C(Cl)C(=O)N(c3ccc(C(=O)OC(C)C)cc3)C2=O)cc1. The van der Waals surface area contributed by atoms with E-state index in [1.165, 1.54) is 24.3 Å². The zero-order valence-electron chi connectivity index (χ0n) is 19.1. The number of benzene rings is 2. The molecule has 0 radical (unpaired) electrons. The normalized spacial score (nSPS) is 13.5. The fourth-order valence-corrected chi connectivity index (χ4v) is 3.31. The van der Waals surface area contributed by atoms with E-state index in [0.29, 0.717) is 23.4 Å². The first-order chi connectivity index (χ1) is 16.2. The summed E-state index contributed by atoms with van der Waals surface area (Å²) < 4.78 is 10.3. The molecule has 34 heavy (non-hydrogen) atoms. The Labute approximate surface area is 202 Å². The number of nitrogens with one attached hydrogen (secondary N) is 1. The number of esters is 2. The number of nitrogens with zero attached hydrogens (tertiary/aromatic N) is 1. The standard InChI is InChI=1S/C25H25ClN2O6/c1-4-5-14-33-24(31)16-6-10-18(11-7-16)27-21-20(26)22(29)28(23(21)30)19-12-8-17(9-13-19)25(32)34-15(2)3/h6-13,15,27H,4-5,14H2,1-3H3. The Kier molecular flexibility index (Phi) is 8.07. The van der Waals surface area contributed by atoms with Gasteiger partial charge in [0.25, 0.3) is 11.8 Å². The van der Waals surface area contributed by atoms with Gasteiger partial charge in [0.15, 0.2) is 0 Å². The lowest BCUT2D eigenvalue weighted by Crippen LogP contribution is -2.32.